The highest BCUT2D eigenvalue weighted by Gasteiger charge is 2.25. The van der Waals surface area contributed by atoms with Gasteiger partial charge in [0.1, 0.15) is 0 Å². The zero-order valence-corrected chi connectivity index (χ0v) is 20.1. The smallest absolute Gasteiger partial charge is 0.290 e. The van der Waals surface area contributed by atoms with Crippen LogP contribution < -0.4 is 16.0 Å². The van der Waals surface area contributed by atoms with E-state index in [1.807, 2.05) is 0 Å². The van der Waals surface area contributed by atoms with Gasteiger partial charge >= 0.3 is 0 Å². The second-order valence-electron chi connectivity index (χ2n) is 8.44. The SMILES string of the molecule is O=C1NC(=O)/C(=C/c2ccnc(NC3CCC(NCc4cccc(-c5ccsc5)c4)CC3)n2)S1. The van der Waals surface area contributed by atoms with Crippen molar-refractivity contribution in [1.82, 2.24) is 20.6 Å². The van der Waals surface area contributed by atoms with Crippen LogP contribution in [0, 0.1) is 0 Å². The Morgan fingerprint density at radius 2 is 1.91 bits per heavy atom. The van der Waals surface area contributed by atoms with Crippen LogP contribution in [0.5, 0.6) is 0 Å². The number of nitrogens with one attached hydrogen (secondary N) is 3. The molecule has 7 nitrogen and oxygen atoms in total. The van der Waals surface area contributed by atoms with Crippen molar-refractivity contribution < 1.29 is 9.59 Å². The molecular weight excluding hydrogens is 466 g/mol. The molecule has 0 bridgehead atoms. The number of carbonyl (C=O) groups excluding carboxylic acids is 2. The molecule has 2 fully saturated rings. The van der Waals surface area contributed by atoms with E-state index >= 15 is 0 Å². The van der Waals surface area contributed by atoms with Gasteiger partial charge in [0.25, 0.3) is 11.1 Å². The van der Waals surface area contributed by atoms with E-state index in [1.165, 1.54) is 16.7 Å². The largest absolute Gasteiger partial charge is 0.351 e. The summed E-state index contributed by atoms with van der Waals surface area (Å²) in [6.07, 6.45) is 7.53. The number of hydrogen-bond acceptors (Lipinski definition) is 8. The molecule has 0 spiro atoms. The van der Waals surface area contributed by atoms with Gasteiger partial charge in [0.05, 0.1) is 10.6 Å². The number of thiophene rings is 1. The van der Waals surface area contributed by atoms with Gasteiger partial charge < -0.3 is 10.6 Å². The van der Waals surface area contributed by atoms with Gasteiger partial charge in [-0.1, -0.05) is 18.2 Å². The summed E-state index contributed by atoms with van der Waals surface area (Å²) in [5, 5.41) is 13.3. The second-order valence-corrected chi connectivity index (χ2v) is 10.2. The third-order valence-electron chi connectivity index (χ3n) is 6.03. The number of hydrogen-bond donors (Lipinski definition) is 3. The van der Waals surface area contributed by atoms with Gasteiger partial charge in [-0.05, 0) is 89.2 Å². The van der Waals surface area contributed by atoms with E-state index in [9.17, 15) is 9.59 Å². The van der Waals surface area contributed by atoms with Gasteiger partial charge in [-0.2, -0.15) is 11.3 Å². The van der Waals surface area contributed by atoms with Gasteiger partial charge in [-0.3, -0.25) is 14.9 Å². The maximum Gasteiger partial charge on any atom is 0.290 e. The fourth-order valence-electron chi connectivity index (χ4n) is 4.25. The summed E-state index contributed by atoms with van der Waals surface area (Å²) in [7, 11) is 0. The molecule has 34 heavy (non-hydrogen) atoms. The lowest BCUT2D eigenvalue weighted by molar-refractivity contribution is -0.115. The van der Waals surface area contributed by atoms with Gasteiger partial charge in [-0.15, -0.1) is 0 Å². The molecule has 1 saturated carbocycles. The molecule has 1 aliphatic carbocycles. The van der Waals surface area contributed by atoms with Gasteiger partial charge in [0, 0.05) is 24.8 Å². The van der Waals surface area contributed by atoms with Gasteiger partial charge in [0.15, 0.2) is 0 Å². The average molecular weight is 492 g/mol. The predicted molar refractivity (Wildman–Crippen MR) is 137 cm³/mol. The topological polar surface area (TPSA) is 96.0 Å². The molecule has 1 aromatic carbocycles. The number of nitrogens with zero attached hydrogens (tertiary/aromatic N) is 2. The molecule has 0 radical (unpaired) electrons. The standard InChI is InChI=1S/C25H25N5O2S2/c31-23-22(34-25(32)30-23)13-21-8-10-26-24(29-21)28-20-6-4-19(5-7-20)27-14-16-2-1-3-17(12-16)18-9-11-33-15-18/h1-3,8-13,15,19-20,27H,4-7,14H2,(H,26,28,29)(H,30,31,32)/b22-13-. The number of thioether (sulfide) groups is 1. The molecule has 9 heteroatoms. The summed E-state index contributed by atoms with van der Waals surface area (Å²) < 4.78 is 0. The van der Waals surface area contributed by atoms with E-state index in [4.69, 9.17) is 0 Å². The van der Waals surface area contributed by atoms with Crippen molar-refractivity contribution in [2.75, 3.05) is 5.32 Å². The molecule has 2 amide bonds. The average Bonchev–Trinajstić information content (AvgIpc) is 3.49. The van der Waals surface area contributed by atoms with Gasteiger partial charge in [-0.25, -0.2) is 9.97 Å². The Balaban J connectivity index is 1.11. The highest BCUT2D eigenvalue weighted by Crippen LogP contribution is 2.26. The molecule has 174 valence electrons. The lowest BCUT2D eigenvalue weighted by Gasteiger charge is -2.30. The quantitative estimate of drug-likeness (QED) is 0.398. The van der Waals surface area contributed by atoms with E-state index in [-0.39, 0.29) is 11.1 Å². The van der Waals surface area contributed by atoms with Crippen LogP contribution in [0.3, 0.4) is 0 Å². The Labute approximate surface area is 206 Å². The van der Waals surface area contributed by atoms with Crippen LogP contribution >= 0.6 is 23.1 Å². The highest BCUT2D eigenvalue weighted by molar-refractivity contribution is 8.18. The van der Waals surface area contributed by atoms with Crippen molar-refractivity contribution in [3.63, 3.8) is 0 Å². The third-order valence-corrected chi connectivity index (χ3v) is 7.53. The van der Waals surface area contributed by atoms with Crippen molar-refractivity contribution in [1.29, 1.82) is 0 Å². The minimum atomic E-state index is -0.382. The molecule has 2 aromatic heterocycles. The summed E-state index contributed by atoms with van der Waals surface area (Å²) in [6.45, 7) is 0.870. The lowest BCUT2D eigenvalue weighted by atomic mass is 9.91. The fraction of sp³-hybridized carbons (Fsp3) is 0.280. The first-order valence-corrected chi connectivity index (χ1v) is 13.1. The zero-order chi connectivity index (χ0) is 23.3. The van der Waals surface area contributed by atoms with Gasteiger partial charge in [0.2, 0.25) is 5.95 Å². The van der Waals surface area contributed by atoms with Crippen molar-refractivity contribution in [3.05, 3.63) is 69.5 Å². The van der Waals surface area contributed by atoms with E-state index < -0.39 is 0 Å². The number of benzene rings is 1. The van der Waals surface area contributed by atoms with Crippen molar-refractivity contribution in [2.45, 2.75) is 44.3 Å². The van der Waals surface area contributed by atoms with E-state index in [0.29, 0.717) is 28.6 Å². The lowest BCUT2D eigenvalue weighted by Crippen LogP contribution is -2.36. The fourth-order valence-corrected chi connectivity index (χ4v) is 5.59. The van der Waals surface area contributed by atoms with Crippen LogP contribution in [0.15, 0.2) is 58.3 Å². The molecule has 2 aliphatic rings. The molecule has 0 atom stereocenters. The van der Waals surface area contributed by atoms with Crippen LogP contribution in [0.1, 0.15) is 36.9 Å². The number of carbonyl (C=O) groups is 2. The molecule has 5 rings (SSSR count). The Kier molecular flexibility index (Phi) is 7.03. The molecule has 3 aromatic rings. The van der Waals surface area contributed by atoms with Crippen LogP contribution in [0.25, 0.3) is 17.2 Å². The predicted octanol–water partition coefficient (Wildman–Crippen LogP) is 5.04. The highest BCUT2D eigenvalue weighted by atomic mass is 32.2. The van der Waals surface area contributed by atoms with Crippen LogP contribution in [0.2, 0.25) is 0 Å². The van der Waals surface area contributed by atoms with E-state index in [2.05, 4.69) is 67.0 Å². The molecule has 1 aliphatic heterocycles. The first-order chi connectivity index (χ1) is 16.6. The third kappa shape index (κ3) is 5.72. The summed E-state index contributed by atoms with van der Waals surface area (Å²) in [5.41, 5.74) is 4.45. The number of anilines is 1. The minimum Gasteiger partial charge on any atom is -0.351 e. The molecular formula is C25H25N5O2S2. The summed E-state index contributed by atoms with van der Waals surface area (Å²) in [4.78, 5) is 32.3. The van der Waals surface area contributed by atoms with Crippen LogP contribution in [-0.4, -0.2) is 33.2 Å². The maximum atomic E-state index is 11.8. The van der Waals surface area contributed by atoms with E-state index in [1.54, 1.807) is 29.7 Å². The Morgan fingerprint density at radius 1 is 1.06 bits per heavy atom. The number of imide groups is 1. The first kappa shape index (κ1) is 22.8. The van der Waals surface area contributed by atoms with Crippen molar-refractivity contribution in [3.8, 4) is 11.1 Å². The van der Waals surface area contributed by atoms with Crippen molar-refractivity contribution >= 4 is 46.3 Å². The molecule has 1 saturated heterocycles. The first-order valence-electron chi connectivity index (χ1n) is 11.3. The number of rotatable bonds is 7. The normalized spacial score (nSPS) is 21.6. The van der Waals surface area contributed by atoms with Crippen LogP contribution in [-0.2, 0) is 11.3 Å². The van der Waals surface area contributed by atoms with Crippen LogP contribution in [0.4, 0.5) is 10.7 Å². The summed E-state index contributed by atoms with van der Waals surface area (Å²) in [5.74, 6) is 0.165. The number of amides is 2. The number of aromatic nitrogens is 2. The Bertz CT molecular complexity index is 1200. The Morgan fingerprint density at radius 3 is 2.68 bits per heavy atom. The minimum absolute atomic E-state index is 0.314. The Hall–Kier alpha value is -3.01. The molecule has 3 N–H and O–H groups in total. The van der Waals surface area contributed by atoms with E-state index in [0.717, 1.165) is 44.0 Å². The summed E-state index contributed by atoms with van der Waals surface area (Å²) in [6, 6.07) is 13.4. The monoisotopic (exact) mass is 491 g/mol. The zero-order valence-electron chi connectivity index (χ0n) is 18.5. The maximum absolute atomic E-state index is 11.8. The molecule has 3 heterocycles. The second kappa shape index (κ2) is 10.5. The summed E-state index contributed by atoms with van der Waals surface area (Å²) >= 11 is 2.61. The molecule has 0 unspecified atom stereocenters. The van der Waals surface area contributed by atoms with Crippen molar-refractivity contribution in [2.24, 2.45) is 0 Å².